The van der Waals surface area contributed by atoms with Gasteiger partial charge in [-0.2, -0.15) is 0 Å². The number of nitrogens with zero attached hydrogens (tertiary/aromatic N) is 2. The number of aliphatic carboxylic acids is 2. The van der Waals surface area contributed by atoms with Crippen molar-refractivity contribution in [3.05, 3.63) is 41.4 Å². The molecule has 1 aromatic carbocycles. The van der Waals surface area contributed by atoms with Gasteiger partial charge in [0.15, 0.2) is 0 Å². The molecule has 0 unspecified atom stereocenters. The Morgan fingerprint density at radius 1 is 1.07 bits per heavy atom. The van der Waals surface area contributed by atoms with Crippen LogP contribution in [0.4, 0.5) is 4.79 Å². The molecular formula is C20H30ClN3O5S. The lowest BCUT2D eigenvalue weighted by molar-refractivity contribution is -0.134. The maximum atomic E-state index is 12.2. The molecule has 0 heterocycles. The molecule has 3 N–H and O–H groups in total. The summed E-state index contributed by atoms with van der Waals surface area (Å²) in [5, 5.41) is 19.3. The van der Waals surface area contributed by atoms with Crippen LogP contribution in [0.25, 0.3) is 0 Å². The van der Waals surface area contributed by atoms with E-state index in [-0.39, 0.29) is 12.1 Å². The number of thioether (sulfide) groups is 1. The largest absolute Gasteiger partial charge is 0.478 e. The number of likely N-dealkylation sites (N-methyl/N-ethyl adjacent to an activating group) is 1. The number of nitrogens with one attached hydrogen (secondary N) is 1. The van der Waals surface area contributed by atoms with Crippen LogP contribution in [-0.2, 0) is 9.59 Å². The van der Waals surface area contributed by atoms with E-state index in [4.69, 9.17) is 21.8 Å². The summed E-state index contributed by atoms with van der Waals surface area (Å²) in [6.45, 7) is 6.31. The van der Waals surface area contributed by atoms with Gasteiger partial charge in [0.1, 0.15) is 0 Å². The maximum absolute atomic E-state index is 12.2. The Balaban J connectivity index is 0.000000890. The number of carbonyl (C=O) groups is 3. The average molecular weight is 460 g/mol. The molecule has 10 heteroatoms. The summed E-state index contributed by atoms with van der Waals surface area (Å²) in [7, 11) is 3.99. The molecule has 0 fully saturated rings. The molecule has 0 atom stereocenters. The standard InChI is InChI=1S/C16H26ClN3OS.C4H4O4/c1-13(2)20(16(21)18-9-10-19(3)4)11-12-22-15-7-5-14(17)6-8-15;5-3(6)1-2-4(7)8/h5-8,13H,9-12H2,1-4H3,(H,18,21);1-2H,(H,5,6)(H,7,8). The van der Waals surface area contributed by atoms with E-state index in [2.05, 4.69) is 10.2 Å². The molecule has 0 radical (unpaired) electrons. The number of carboxylic acids is 2. The Morgan fingerprint density at radius 2 is 1.60 bits per heavy atom. The van der Waals surface area contributed by atoms with Crippen molar-refractivity contribution in [2.45, 2.75) is 24.8 Å². The lowest BCUT2D eigenvalue weighted by atomic mass is 10.3. The molecule has 0 aliphatic rings. The summed E-state index contributed by atoms with van der Waals surface area (Å²) in [6.07, 6.45) is 1.12. The van der Waals surface area contributed by atoms with E-state index >= 15 is 0 Å². The quantitative estimate of drug-likeness (QED) is 0.364. The summed E-state index contributed by atoms with van der Waals surface area (Å²) in [4.78, 5) is 36.4. The second kappa shape index (κ2) is 15.6. The zero-order valence-corrected chi connectivity index (χ0v) is 19.2. The molecule has 0 saturated carbocycles. The Bertz CT molecular complexity index is 680. The number of rotatable bonds is 10. The molecule has 1 aromatic rings. The van der Waals surface area contributed by atoms with Gasteiger partial charge in [-0.05, 0) is 52.2 Å². The number of hydrogen-bond acceptors (Lipinski definition) is 5. The topological polar surface area (TPSA) is 110 Å². The summed E-state index contributed by atoms with van der Waals surface area (Å²) >= 11 is 7.61. The second-order valence-electron chi connectivity index (χ2n) is 6.63. The van der Waals surface area contributed by atoms with Gasteiger partial charge in [-0.15, -0.1) is 11.8 Å². The van der Waals surface area contributed by atoms with Crippen molar-refractivity contribution in [3.63, 3.8) is 0 Å². The van der Waals surface area contributed by atoms with Gasteiger partial charge in [-0.25, -0.2) is 14.4 Å². The summed E-state index contributed by atoms with van der Waals surface area (Å²) in [6, 6.07) is 7.97. The average Bonchev–Trinajstić information content (AvgIpc) is 2.64. The third kappa shape index (κ3) is 14.7. The molecule has 0 spiro atoms. The van der Waals surface area contributed by atoms with Crippen molar-refractivity contribution in [1.29, 1.82) is 0 Å². The van der Waals surface area contributed by atoms with Crippen molar-refractivity contribution in [1.82, 2.24) is 15.1 Å². The minimum atomic E-state index is -1.26. The van der Waals surface area contributed by atoms with Gasteiger partial charge in [-0.3, -0.25) is 0 Å². The fourth-order valence-corrected chi connectivity index (χ4v) is 3.00. The maximum Gasteiger partial charge on any atom is 0.328 e. The Labute approximate surface area is 186 Å². The SMILES string of the molecule is CC(C)N(CCSc1ccc(Cl)cc1)C(=O)NCCN(C)C.O=C(O)C=CC(=O)O. The number of carbonyl (C=O) groups excluding carboxylic acids is 1. The normalized spacial score (nSPS) is 10.6. The van der Waals surface area contributed by atoms with Gasteiger partial charge in [0.2, 0.25) is 0 Å². The zero-order valence-electron chi connectivity index (χ0n) is 17.7. The van der Waals surface area contributed by atoms with Crippen LogP contribution in [0.1, 0.15) is 13.8 Å². The van der Waals surface area contributed by atoms with Crippen molar-refractivity contribution in [2.24, 2.45) is 0 Å². The second-order valence-corrected chi connectivity index (χ2v) is 8.24. The van der Waals surface area contributed by atoms with Crippen LogP contribution in [0.15, 0.2) is 41.3 Å². The Kier molecular flexibility index (Phi) is 14.4. The van der Waals surface area contributed by atoms with Crippen molar-refractivity contribution >= 4 is 41.3 Å². The highest BCUT2D eigenvalue weighted by molar-refractivity contribution is 7.99. The molecule has 168 valence electrons. The van der Waals surface area contributed by atoms with E-state index in [0.29, 0.717) is 18.7 Å². The lowest BCUT2D eigenvalue weighted by Crippen LogP contribution is -2.46. The van der Waals surface area contributed by atoms with Gasteiger partial charge in [0.05, 0.1) is 0 Å². The van der Waals surface area contributed by atoms with Crippen LogP contribution < -0.4 is 5.32 Å². The lowest BCUT2D eigenvalue weighted by Gasteiger charge is -2.27. The van der Waals surface area contributed by atoms with Crippen LogP contribution in [0.3, 0.4) is 0 Å². The Morgan fingerprint density at radius 3 is 2.03 bits per heavy atom. The number of halogens is 1. The molecule has 0 aromatic heterocycles. The van der Waals surface area contributed by atoms with E-state index in [1.807, 2.05) is 57.1 Å². The fraction of sp³-hybridized carbons (Fsp3) is 0.450. The van der Waals surface area contributed by atoms with Crippen LogP contribution in [0.2, 0.25) is 5.02 Å². The highest BCUT2D eigenvalue weighted by Gasteiger charge is 2.16. The molecule has 0 aliphatic heterocycles. The minimum absolute atomic E-state index is 0.00792. The van der Waals surface area contributed by atoms with E-state index in [0.717, 1.165) is 23.9 Å². The number of urea groups is 1. The summed E-state index contributed by atoms with van der Waals surface area (Å²) in [5.74, 6) is -1.65. The summed E-state index contributed by atoms with van der Waals surface area (Å²) < 4.78 is 0. The van der Waals surface area contributed by atoms with Crippen LogP contribution in [0, 0.1) is 0 Å². The Hall–Kier alpha value is -2.23. The smallest absolute Gasteiger partial charge is 0.328 e. The van der Waals surface area contributed by atoms with Gasteiger partial charge in [-0.1, -0.05) is 11.6 Å². The molecule has 0 aliphatic carbocycles. The fourth-order valence-electron chi connectivity index (χ4n) is 2.02. The van der Waals surface area contributed by atoms with Gasteiger partial charge < -0.3 is 25.3 Å². The minimum Gasteiger partial charge on any atom is -0.478 e. The monoisotopic (exact) mass is 459 g/mol. The third-order valence-electron chi connectivity index (χ3n) is 3.50. The van der Waals surface area contributed by atoms with Crippen LogP contribution >= 0.6 is 23.4 Å². The predicted octanol–water partition coefficient (Wildman–Crippen LogP) is 3.13. The number of benzene rings is 1. The zero-order chi connectivity index (χ0) is 23.1. The number of amides is 2. The van der Waals surface area contributed by atoms with E-state index in [9.17, 15) is 14.4 Å². The van der Waals surface area contributed by atoms with E-state index in [1.54, 1.807) is 11.8 Å². The number of carboxylic acid groups (broad SMARTS) is 2. The first-order valence-electron chi connectivity index (χ1n) is 9.24. The molecule has 8 nitrogen and oxygen atoms in total. The third-order valence-corrected chi connectivity index (χ3v) is 4.75. The van der Waals surface area contributed by atoms with Gasteiger partial charge in [0, 0.05) is 53.5 Å². The molecule has 0 saturated heterocycles. The first-order valence-corrected chi connectivity index (χ1v) is 10.6. The summed E-state index contributed by atoms with van der Waals surface area (Å²) in [5.41, 5.74) is 0. The highest BCUT2D eigenvalue weighted by Crippen LogP contribution is 2.20. The van der Waals surface area contributed by atoms with Crippen molar-refractivity contribution in [3.8, 4) is 0 Å². The van der Waals surface area contributed by atoms with Crippen molar-refractivity contribution < 1.29 is 24.6 Å². The van der Waals surface area contributed by atoms with E-state index in [1.165, 1.54) is 4.90 Å². The first-order chi connectivity index (χ1) is 14.0. The van der Waals surface area contributed by atoms with Gasteiger partial charge >= 0.3 is 18.0 Å². The first kappa shape index (κ1) is 27.8. The molecule has 1 rings (SSSR count). The molecule has 30 heavy (non-hydrogen) atoms. The van der Waals surface area contributed by atoms with Gasteiger partial charge in [0.25, 0.3) is 0 Å². The predicted molar refractivity (Wildman–Crippen MR) is 120 cm³/mol. The van der Waals surface area contributed by atoms with Crippen LogP contribution in [-0.4, -0.2) is 83.5 Å². The van der Waals surface area contributed by atoms with Crippen molar-refractivity contribution in [2.75, 3.05) is 39.5 Å². The molecular weight excluding hydrogens is 430 g/mol. The highest BCUT2D eigenvalue weighted by atomic mass is 35.5. The number of hydrogen-bond donors (Lipinski definition) is 3. The van der Waals surface area contributed by atoms with Crippen LogP contribution in [0.5, 0.6) is 0 Å². The molecule has 2 amide bonds. The molecule has 0 bridgehead atoms. The van der Waals surface area contributed by atoms with E-state index < -0.39 is 11.9 Å².